The van der Waals surface area contributed by atoms with Gasteiger partial charge in [-0.1, -0.05) is 54.6 Å². The van der Waals surface area contributed by atoms with Crippen LogP contribution in [0.4, 0.5) is 4.39 Å². The zero-order valence-electron chi connectivity index (χ0n) is 11.3. The number of hydrogen-bond acceptors (Lipinski definition) is 1. The minimum Gasteiger partial charge on any atom is -0.206 e. The average Bonchev–Trinajstić information content (AvgIpc) is 2.56. The van der Waals surface area contributed by atoms with Gasteiger partial charge in [0.1, 0.15) is 5.82 Å². The van der Waals surface area contributed by atoms with Crippen molar-refractivity contribution in [3.8, 4) is 28.3 Å². The molecule has 0 aliphatic carbocycles. The van der Waals surface area contributed by atoms with Gasteiger partial charge in [0, 0.05) is 5.56 Å². The average molecular weight is 273 g/mol. The molecule has 0 aliphatic rings. The van der Waals surface area contributed by atoms with Gasteiger partial charge in [0.25, 0.3) is 0 Å². The minimum absolute atomic E-state index is 0.263. The van der Waals surface area contributed by atoms with Gasteiger partial charge in [0.05, 0.1) is 11.6 Å². The third-order valence-electron chi connectivity index (χ3n) is 3.40. The van der Waals surface area contributed by atoms with Gasteiger partial charge in [0.2, 0.25) is 0 Å². The van der Waals surface area contributed by atoms with Crippen LogP contribution < -0.4 is 0 Å². The van der Waals surface area contributed by atoms with Crippen molar-refractivity contribution in [2.75, 3.05) is 0 Å². The topological polar surface area (TPSA) is 23.8 Å². The number of nitriles is 1. The van der Waals surface area contributed by atoms with Gasteiger partial charge >= 0.3 is 0 Å². The Morgan fingerprint density at radius 1 is 0.714 bits per heavy atom. The smallest absolute Gasteiger partial charge is 0.131 e. The third-order valence-corrected chi connectivity index (χ3v) is 3.40. The molecule has 0 N–H and O–H groups in total. The van der Waals surface area contributed by atoms with E-state index in [0.29, 0.717) is 11.1 Å². The lowest BCUT2D eigenvalue weighted by atomic mass is 9.99. The Morgan fingerprint density at radius 3 is 2.00 bits per heavy atom. The molecule has 100 valence electrons. The Balaban J connectivity index is 2.00. The van der Waals surface area contributed by atoms with Crippen LogP contribution in [-0.2, 0) is 0 Å². The highest BCUT2D eigenvalue weighted by atomic mass is 19.1. The molecule has 0 saturated heterocycles. The van der Waals surface area contributed by atoms with E-state index < -0.39 is 0 Å². The van der Waals surface area contributed by atoms with E-state index in [-0.39, 0.29) is 5.82 Å². The van der Waals surface area contributed by atoms with Crippen molar-refractivity contribution in [3.05, 3.63) is 84.2 Å². The first kappa shape index (κ1) is 13.1. The van der Waals surface area contributed by atoms with Crippen LogP contribution in [0.25, 0.3) is 22.3 Å². The monoisotopic (exact) mass is 273 g/mol. The first-order valence-corrected chi connectivity index (χ1v) is 6.63. The van der Waals surface area contributed by atoms with E-state index >= 15 is 0 Å². The molecule has 3 rings (SSSR count). The summed E-state index contributed by atoms with van der Waals surface area (Å²) >= 11 is 0. The van der Waals surface area contributed by atoms with Crippen LogP contribution in [0.2, 0.25) is 0 Å². The molecule has 0 fully saturated rings. The summed E-state index contributed by atoms with van der Waals surface area (Å²) < 4.78 is 14.3. The van der Waals surface area contributed by atoms with Crippen molar-refractivity contribution in [1.29, 1.82) is 5.26 Å². The van der Waals surface area contributed by atoms with E-state index in [1.807, 2.05) is 36.4 Å². The van der Waals surface area contributed by atoms with Crippen molar-refractivity contribution < 1.29 is 4.39 Å². The first-order chi connectivity index (χ1) is 10.3. The molecule has 0 atom stereocenters. The molecule has 3 aromatic carbocycles. The van der Waals surface area contributed by atoms with E-state index in [1.54, 1.807) is 36.4 Å². The molecule has 3 aromatic rings. The quantitative estimate of drug-likeness (QED) is 0.642. The van der Waals surface area contributed by atoms with Crippen LogP contribution in [0.3, 0.4) is 0 Å². The zero-order valence-corrected chi connectivity index (χ0v) is 11.3. The molecule has 0 bridgehead atoms. The summed E-state index contributed by atoms with van der Waals surface area (Å²) in [5.74, 6) is -0.263. The molecular formula is C19H12FN. The lowest BCUT2D eigenvalue weighted by Gasteiger charge is -2.07. The van der Waals surface area contributed by atoms with Crippen molar-refractivity contribution in [2.45, 2.75) is 0 Å². The number of benzene rings is 3. The second-order valence-electron chi connectivity index (χ2n) is 4.75. The molecule has 0 aromatic heterocycles. The molecule has 21 heavy (non-hydrogen) atoms. The van der Waals surface area contributed by atoms with E-state index in [0.717, 1.165) is 16.7 Å². The largest absolute Gasteiger partial charge is 0.206 e. The Bertz CT molecular complexity index is 799. The summed E-state index contributed by atoms with van der Waals surface area (Å²) in [6, 6.07) is 23.9. The van der Waals surface area contributed by atoms with Crippen LogP contribution in [0.5, 0.6) is 0 Å². The highest BCUT2D eigenvalue weighted by Crippen LogP contribution is 2.28. The van der Waals surface area contributed by atoms with Gasteiger partial charge in [-0.05, 0) is 34.9 Å². The van der Waals surface area contributed by atoms with Crippen LogP contribution in [0.15, 0.2) is 72.8 Å². The molecule has 0 unspecified atom stereocenters. The SMILES string of the molecule is N#Cc1ccc(-c2ccc(-c3ccccc3)cc2F)cc1. The summed E-state index contributed by atoms with van der Waals surface area (Å²) in [5, 5.41) is 8.79. The van der Waals surface area contributed by atoms with Crippen LogP contribution in [0, 0.1) is 17.1 Å². The van der Waals surface area contributed by atoms with E-state index in [4.69, 9.17) is 5.26 Å². The van der Waals surface area contributed by atoms with Crippen LogP contribution >= 0.6 is 0 Å². The fourth-order valence-electron chi connectivity index (χ4n) is 2.28. The van der Waals surface area contributed by atoms with Gasteiger partial charge in [-0.25, -0.2) is 4.39 Å². The van der Waals surface area contributed by atoms with Crippen molar-refractivity contribution in [3.63, 3.8) is 0 Å². The molecule has 2 heteroatoms. The minimum atomic E-state index is -0.263. The van der Waals surface area contributed by atoms with Gasteiger partial charge in [-0.15, -0.1) is 0 Å². The molecule has 1 nitrogen and oxygen atoms in total. The predicted octanol–water partition coefficient (Wildman–Crippen LogP) is 5.03. The Labute approximate surface area is 122 Å². The van der Waals surface area contributed by atoms with Crippen LogP contribution in [-0.4, -0.2) is 0 Å². The fourth-order valence-corrected chi connectivity index (χ4v) is 2.28. The lowest BCUT2D eigenvalue weighted by Crippen LogP contribution is -1.87. The van der Waals surface area contributed by atoms with Gasteiger partial charge in [-0.3, -0.25) is 0 Å². The van der Waals surface area contributed by atoms with E-state index in [1.165, 1.54) is 0 Å². The summed E-state index contributed by atoms with van der Waals surface area (Å²) in [4.78, 5) is 0. The predicted molar refractivity (Wildman–Crippen MR) is 82.0 cm³/mol. The van der Waals surface area contributed by atoms with E-state index in [2.05, 4.69) is 6.07 Å². The fraction of sp³-hybridized carbons (Fsp3) is 0. The Morgan fingerprint density at radius 2 is 1.38 bits per heavy atom. The second kappa shape index (κ2) is 5.60. The summed E-state index contributed by atoms with van der Waals surface area (Å²) in [5.41, 5.74) is 3.72. The number of hydrogen-bond donors (Lipinski definition) is 0. The van der Waals surface area contributed by atoms with Gasteiger partial charge in [-0.2, -0.15) is 5.26 Å². The van der Waals surface area contributed by atoms with E-state index in [9.17, 15) is 4.39 Å². The Kier molecular flexibility index (Phi) is 3.49. The third kappa shape index (κ3) is 2.68. The normalized spacial score (nSPS) is 10.1. The molecule has 0 heterocycles. The maximum absolute atomic E-state index is 14.3. The van der Waals surface area contributed by atoms with Crippen molar-refractivity contribution in [2.24, 2.45) is 0 Å². The maximum atomic E-state index is 14.3. The van der Waals surface area contributed by atoms with Crippen LogP contribution in [0.1, 0.15) is 5.56 Å². The summed E-state index contributed by atoms with van der Waals surface area (Å²) in [6.45, 7) is 0. The van der Waals surface area contributed by atoms with Gasteiger partial charge < -0.3 is 0 Å². The molecule has 0 spiro atoms. The number of nitrogens with zero attached hydrogens (tertiary/aromatic N) is 1. The molecular weight excluding hydrogens is 261 g/mol. The molecule has 0 radical (unpaired) electrons. The maximum Gasteiger partial charge on any atom is 0.131 e. The number of halogens is 1. The molecule has 0 amide bonds. The highest BCUT2D eigenvalue weighted by molar-refractivity contribution is 5.71. The van der Waals surface area contributed by atoms with Crippen molar-refractivity contribution >= 4 is 0 Å². The summed E-state index contributed by atoms with van der Waals surface area (Å²) in [6.07, 6.45) is 0. The number of rotatable bonds is 2. The lowest BCUT2D eigenvalue weighted by molar-refractivity contribution is 0.632. The highest BCUT2D eigenvalue weighted by Gasteiger charge is 2.07. The summed E-state index contributed by atoms with van der Waals surface area (Å²) in [7, 11) is 0. The zero-order chi connectivity index (χ0) is 14.7. The van der Waals surface area contributed by atoms with Crippen molar-refractivity contribution in [1.82, 2.24) is 0 Å². The molecule has 0 saturated carbocycles. The second-order valence-corrected chi connectivity index (χ2v) is 4.75. The standard InChI is InChI=1S/C19H12FN/c20-19-12-17(15-4-2-1-3-5-15)10-11-18(19)16-8-6-14(13-21)7-9-16/h1-12H. The first-order valence-electron chi connectivity index (χ1n) is 6.63. The molecule has 0 aliphatic heterocycles. The van der Waals surface area contributed by atoms with Gasteiger partial charge in [0.15, 0.2) is 0 Å². The Hall–Kier alpha value is -2.92.